The van der Waals surface area contributed by atoms with Gasteiger partial charge in [-0.2, -0.15) is 0 Å². The van der Waals surface area contributed by atoms with Crippen molar-refractivity contribution in [1.29, 1.82) is 0 Å². The van der Waals surface area contributed by atoms with Gasteiger partial charge in [0.15, 0.2) is 0 Å². The number of carbonyl (C=O) groups excluding carboxylic acids is 1. The molecule has 0 bridgehead atoms. The summed E-state index contributed by atoms with van der Waals surface area (Å²) >= 11 is 7.58. The molecule has 0 radical (unpaired) electrons. The minimum absolute atomic E-state index is 0.135. The number of aromatic nitrogens is 2. The fraction of sp³-hybridized carbons (Fsp3) is 0.278. The van der Waals surface area contributed by atoms with E-state index >= 15 is 0 Å². The van der Waals surface area contributed by atoms with Crippen molar-refractivity contribution in [2.75, 3.05) is 6.61 Å². The number of nitrogens with zero attached hydrogens (tertiary/aromatic N) is 2. The molecule has 0 atom stereocenters. The summed E-state index contributed by atoms with van der Waals surface area (Å²) in [6, 6.07) is 7.42. The minimum Gasteiger partial charge on any atom is -0.466 e. The van der Waals surface area contributed by atoms with Crippen molar-refractivity contribution in [3.8, 4) is 11.1 Å². The number of esters is 1. The Bertz CT molecular complexity index is 994. The molecule has 0 fully saturated rings. The van der Waals surface area contributed by atoms with Gasteiger partial charge in [-0.05, 0) is 31.5 Å². The molecule has 5 nitrogen and oxygen atoms in total. The van der Waals surface area contributed by atoms with E-state index in [1.807, 2.05) is 25.1 Å². The van der Waals surface area contributed by atoms with E-state index in [1.165, 1.54) is 22.2 Å². The predicted molar refractivity (Wildman–Crippen MR) is 100 cm³/mol. The van der Waals surface area contributed by atoms with Gasteiger partial charge in [0.2, 0.25) is 0 Å². The molecule has 0 amide bonds. The minimum atomic E-state index is -0.328. The Morgan fingerprint density at radius 1 is 1.40 bits per heavy atom. The lowest BCUT2D eigenvalue weighted by Crippen LogP contribution is -2.22. The number of benzene rings is 1. The molecular weight excluding hydrogens is 360 g/mol. The van der Waals surface area contributed by atoms with E-state index in [-0.39, 0.29) is 24.5 Å². The summed E-state index contributed by atoms with van der Waals surface area (Å²) in [6.07, 6.45) is 1.62. The summed E-state index contributed by atoms with van der Waals surface area (Å²) in [5.41, 5.74) is 1.58. The highest BCUT2D eigenvalue weighted by Crippen LogP contribution is 2.36. The molecule has 25 heavy (non-hydrogen) atoms. The van der Waals surface area contributed by atoms with E-state index in [2.05, 4.69) is 4.98 Å². The molecule has 0 saturated carbocycles. The van der Waals surface area contributed by atoms with Crippen LogP contribution in [-0.4, -0.2) is 22.1 Å². The highest BCUT2D eigenvalue weighted by molar-refractivity contribution is 7.19. The van der Waals surface area contributed by atoms with Gasteiger partial charge in [0.25, 0.3) is 5.56 Å². The molecule has 0 unspecified atom stereocenters. The SMILES string of the molecule is CCOC(=O)CCn1cnc2sc(C)c(-c3cccc(Cl)c3)c2c1=O. The third-order valence-electron chi connectivity index (χ3n) is 3.83. The number of aryl methyl sites for hydroxylation is 2. The highest BCUT2D eigenvalue weighted by Gasteiger charge is 2.17. The zero-order valence-electron chi connectivity index (χ0n) is 13.9. The maximum Gasteiger partial charge on any atom is 0.307 e. The molecule has 3 aromatic rings. The summed E-state index contributed by atoms with van der Waals surface area (Å²) < 4.78 is 6.37. The zero-order valence-corrected chi connectivity index (χ0v) is 15.5. The molecule has 0 aliphatic rings. The van der Waals surface area contributed by atoms with Crippen molar-refractivity contribution in [3.63, 3.8) is 0 Å². The average molecular weight is 377 g/mol. The van der Waals surface area contributed by atoms with Crippen LogP contribution in [0.15, 0.2) is 35.4 Å². The summed E-state index contributed by atoms with van der Waals surface area (Å²) in [4.78, 5) is 30.6. The van der Waals surface area contributed by atoms with Gasteiger partial charge in [0.05, 0.1) is 24.7 Å². The van der Waals surface area contributed by atoms with E-state index in [0.29, 0.717) is 21.8 Å². The Hall–Kier alpha value is -2.18. The van der Waals surface area contributed by atoms with E-state index in [4.69, 9.17) is 16.3 Å². The first-order chi connectivity index (χ1) is 12.0. The van der Waals surface area contributed by atoms with Gasteiger partial charge in [0.1, 0.15) is 4.83 Å². The van der Waals surface area contributed by atoms with E-state index < -0.39 is 0 Å². The molecule has 0 saturated heterocycles. The Balaban J connectivity index is 2.07. The van der Waals surface area contributed by atoms with Crippen LogP contribution < -0.4 is 5.56 Å². The van der Waals surface area contributed by atoms with Crippen LogP contribution in [0.3, 0.4) is 0 Å². The van der Waals surface area contributed by atoms with Gasteiger partial charge in [-0.25, -0.2) is 4.98 Å². The van der Waals surface area contributed by atoms with Gasteiger partial charge in [0, 0.05) is 22.0 Å². The first-order valence-corrected chi connectivity index (χ1v) is 9.10. The second kappa shape index (κ2) is 7.37. The van der Waals surface area contributed by atoms with E-state index in [0.717, 1.165) is 16.0 Å². The summed E-state index contributed by atoms with van der Waals surface area (Å²) in [7, 11) is 0. The predicted octanol–water partition coefficient (Wildman–Crippen LogP) is 4.04. The lowest BCUT2D eigenvalue weighted by molar-refractivity contribution is -0.143. The zero-order chi connectivity index (χ0) is 18.0. The van der Waals surface area contributed by atoms with Crippen molar-refractivity contribution in [2.24, 2.45) is 0 Å². The van der Waals surface area contributed by atoms with Gasteiger partial charge >= 0.3 is 5.97 Å². The lowest BCUT2D eigenvalue weighted by atomic mass is 10.0. The summed E-state index contributed by atoms with van der Waals surface area (Å²) in [5.74, 6) is -0.328. The van der Waals surface area contributed by atoms with Gasteiger partial charge in [-0.15, -0.1) is 11.3 Å². The normalized spacial score (nSPS) is 11.0. The molecular formula is C18H17ClN2O3S. The van der Waals surface area contributed by atoms with E-state index in [1.54, 1.807) is 13.0 Å². The van der Waals surface area contributed by atoms with Gasteiger partial charge in [-0.1, -0.05) is 23.7 Å². The summed E-state index contributed by atoms with van der Waals surface area (Å²) in [6.45, 7) is 4.28. The van der Waals surface area contributed by atoms with Crippen LogP contribution in [0, 0.1) is 6.92 Å². The maximum atomic E-state index is 12.9. The number of ether oxygens (including phenoxy) is 1. The molecule has 2 heterocycles. The first-order valence-electron chi connectivity index (χ1n) is 7.91. The number of carbonyl (C=O) groups is 1. The van der Waals surface area contributed by atoms with Crippen molar-refractivity contribution in [3.05, 3.63) is 50.8 Å². The Labute approximate surface area is 153 Å². The monoisotopic (exact) mass is 376 g/mol. The Morgan fingerprint density at radius 2 is 2.20 bits per heavy atom. The molecule has 7 heteroatoms. The third kappa shape index (κ3) is 3.60. The smallest absolute Gasteiger partial charge is 0.307 e. The second-order valence-corrected chi connectivity index (χ2v) is 7.16. The topological polar surface area (TPSA) is 61.2 Å². The standard InChI is InChI=1S/C18H17ClN2O3S/c1-3-24-14(22)7-8-21-10-20-17-16(18(21)23)15(11(2)25-17)12-5-4-6-13(19)9-12/h4-6,9-10H,3,7-8H2,1-2H3. The molecule has 0 spiro atoms. The molecule has 0 N–H and O–H groups in total. The maximum absolute atomic E-state index is 12.9. The van der Waals surface area contributed by atoms with Crippen LogP contribution in [0.2, 0.25) is 5.02 Å². The number of halogens is 1. The Kier molecular flexibility index (Phi) is 5.20. The number of hydrogen-bond donors (Lipinski definition) is 0. The van der Waals surface area contributed by atoms with Crippen LogP contribution in [0.25, 0.3) is 21.3 Å². The van der Waals surface area contributed by atoms with Crippen LogP contribution in [0.1, 0.15) is 18.2 Å². The second-order valence-electron chi connectivity index (χ2n) is 5.52. The lowest BCUT2D eigenvalue weighted by Gasteiger charge is -2.07. The molecule has 130 valence electrons. The quantitative estimate of drug-likeness (QED) is 0.630. The largest absolute Gasteiger partial charge is 0.466 e. The third-order valence-corrected chi connectivity index (χ3v) is 5.08. The number of fused-ring (bicyclic) bond motifs is 1. The first kappa shape index (κ1) is 17.6. The van der Waals surface area contributed by atoms with Crippen molar-refractivity contribution < 1.29 is 9.53 Å². The van der Waals surface area contributed by atoms with Gasteiger partial charge < -0.3 is 4.74 Å². The molecule has 0 aliphatic carbocycles. The van der Waals surface area contributed by atoms with Crippen molar-refractivity contribution in [1.82, 2.24) is 9.55 Å². The van der Waals surface area contributed by atoms with E-state index in [9.17, 15) is 9.59 Å². The fourth-order valence-corrected chi connectivity index (χ4v) is 3.93. The molecule has 3 rings (SSSR count). The van der Waals surface area contributed by atoms with Crippen LogP contribution in [-0.2, 0) is 16.1 Å². The van der Waals surface area contributed by atoms with Crippen molar-refractivity contribution in [2.45, 2.75) is 26.8 Å². The highest BCUT2D eigenvalue weighted by atomic mass is 35.5. The van der Waals surface area contributed by atoms with Crippen molar-refractivity contribution >= 4 is 39.1 Å². The molecule has 0 aliphatic heterocycles. The number of hydrogen-bond acceptors (Lipinski definition) is 5. The number of thiophene rings is 1. The molecule has 2 aromatic heterocycles. The molecule has 1 aromatic carbocycles. The summed E-state index contributed by atoms with van der Waals surface area (Å²) in [5, 5.41) is 1.18. The number of rotatable bonds is 5. The van der Waals surface area contributed by atoms with Crippen LogP contribution >= 0.6 is 22.9 Å². The average Bonchev–Trinajstić information content (AvgIpc) is 2.91. The fourth-order valence-electron chi connectivity index (χ4n) is 2.73. The van der Waals surface area contributed by atoms with Crippen LogP contribution in [0.4, 0.5) is 0 Å². The van der Waals surface area contributed by atoms with Gasteiger partial charge in [-0.3, -0.25) is 14.2 Å². The Morgan fingerprint density at radius 3 is 2.92 bits per heavy atom. The van der Waals surface area contributed by atoms with Crippen LogP contribution in [0.5, 0.6) is 0 Å².